The second-order valence-electron chi connectivity index (χ2n) is 5.39. The number of aromatic carboxylic acids is 1. The third-order valence-electron chi connectivity index (χ3n) is 3.83. The first kappa shape index (κ1) is 13.9. The van der Waals surface area contributed by atoms with Crippen LogP contribution in [0.4, 0.5) is 5.82 Å². The van der Waals surface area contributed by atoms with Crippen LogP contribution in [0.3, 0.4) is 0 Å². The lowest BCUT2D eigenvalue weighted by Gasteiger charge is -2.27. The van der Waals surface area contributed by atoms with Gasteiger partial charge in [-0.15, -0.1) is 0 Å². The number of carboxylic acid groups (broad SMARTS) is 1. The van der Waals surface area contributed by atoms with Crippen molar-refractivity contribution >= 4 is 17.4 Å². The van der Waals surface area contributed by atoms with E-state index < -0.39 is 5.97 Å². The molecule has 0 amide bonds. The first-order valence-corrected chi connectivity index (χ1v) is 7.20. The Balaban J connectivity index is 1.91. The van der Waals surface area contributed by atoms with E-state index >= 15 is 0 Å². The maximum atomic E-state index is 11.6. The fraction of sp³-hybridized carbons (Fsp3) is 0.467. The van der Waals surface area contributed by atoms with Gasteiger partial charge in [0.1, 0.15) is 5.65 Å². The van der Waals surface area contributed by atoms with Crippen LogP contribution >= 0.6 is 0 Å². The lowest BCUT2D eigenvalue weighted by Crippen LogP contribution is -2.34. The molecule has 6 nitrogen and oxygen atoms in total. The number of rotatable bonds is 4. The predicted octanol–water partition coefficient (Wildman–Crippen LogP) is 2.04. The van der Waals surface area contributed by atoms with Gasteiger partial charge in [-0.25, -0.2) is 9.78 Å². The summed E-state index contributed by atoms with van der Waals surface area (Å²) in [5.74, 6) is -0.483. The number of likely N-dealkylation sites (N-methyl/N-ethyl adjacent to an activating group) is 1. The minimum absolute atomic E-state index is 0.148. The van der Waals surface area contributed by atoms with Crippen LogP contribution in [-0.2, 0) is 4.74 Å². The lowest BCUT2D eigenvalue weighted by atomic mass is 10.1. The highest BCUT2D eigenvalue weighted by Gasteiger charge is 2.24. The molecule has 0 bridgehead atoms. The van der Waals surface area contributed by atoms with Gasteiger partial charge in [-0.2, -0.15) is 0 Å². The summed E-state index contributed by atoms with van der Waals surface area (Å²) < 4.78 is 7.33. The number of carboxylic acids is 1. The Bertz CT molecular complexity index is 647. The van der Waals surface area contributed by atoms with E-state index in [9.17, 15) is 9.90 Å². The Morgan fingerprint density at radius 3 is 3.10 bits per heavy atom. The van der Waals surface area contributed by atoms with Crippen molar-refractivity contribution in [1.29, 1.82) is 0 Å². The van der Waals surface area contributed by atoms with Crippen molar-refractivity contribution in [1.82, 2.24) is 9.38 Å². The normalized spacial score (nSPS) is 18.8. The largest absolute Gasteiger partial charge is 0.476 e. The first-order chi connectivity index (χ1) is 10.2. The van der Waals surface area contributed by atoms with Gasteiger partial charge in [-0.1, -0.05) is 6.07 Å². The van der Waals surface area contributed by atoms with E-state index in [1.165, 1.54) is 0 Å². The molecule has 112 valence electrons. The minimum Gasteiger partial charge on any atom is -0.476 e. The van der Waals surface area contributed by atoms with E-state index in [2.05, 4.69) is 4.98 Å². The summed E-state index contributed by atoms with van der Waals surface area (Å²) in [6.45, 7) is 1.44. The molecule has 1 saturated heterocycles. The van der Waals surface area contributed by atoms with E-state index in [4.69, 9.17) is 4.74 Å². The molecule has 3 rings (SSSR count). The molecule has 1 aliphatic heterocycles. The van der Waals surface area contributed by atoms with Crippen LogP contribution in [0, 0.1) is 0 Å². The number of nitrogens with zero attached hydrogens (tertiary/aromatic N) is 3. The molecule has 1 fully saturated rings. The topological polar surface area (TPSA) is 67.1 Å². The van der Waals surface area contributed by atoms with Crippen LogP contribution in [-0.4, -0.2) is 46.8 Å². The molecule has 3 heterocycles. The summed E-state index contributed by atoms with van der Waals surface area (Å²) in [6, 6.07) is 5.46. The standard InChI is InChI=1S/C15H19N3O3/c1-17(10-11-6-3-5-9-21-11)14-13(15(19)20)18-8-4-2-7-12(18)16-14/h2,4,7-8,11H,3,5-6,9-10H2,1H3,(H,19,20). The third-order valence-corrected chi connectivity index (χ3v) is 3.83. The number of anilines is 1. The number of hydrogen-bond acceptors (Lipinski definition) is 4. The van der Waals surface area contributed by atoms with Gasteiger partial charge in [-0.05, 0) is 31.4 Å². The molecule has 21 heavy (non-hydrogen) atoms. The molecule has 0 aliphatic carbocycles. The van der Waals surface area contributed by atoms with Crippen LogP contribution in [0.5, 0.6) is 0 Å². The smallest absolute Gasteiger partial charge is 0.356 e. The second kappa shape index (κ2) is 5.73. The molecule has 1 N–H and O–H groups in total. The SMILES string of the molecule is CN(CC1CCCCO1)c1nc2ccccn2c1C(=O)O. The molecule has 1 aliphatic rings. The van der Waals surface area contributed by atoms with Gasteiger partial charge in [-0.3, -0.25) is 4.40 Å². The Hall–Kier alpha value is -2.08. The monoisotopic (exact) mass is 289 g/mol. The summed E-state index contributed by atoms with van der Waals surface area (Å²) >= 11 is 0. The van der Waals surface area contributed by atoms with Gasteiger partial charge in [0, 0.05) is 26.4 Å². The zero-order chi connectivity index (χ0) is 14.8. The van der Waals surface area contributed by atoms with Crippen LogP contribution in [0.2, 0.25) is 0 Å². The minimum atomic E-state index is -0.972. The molecule has 0 aromatic carbocycles. The van der Waals surface area contributed by atoms with Gasteiger partial charge >= 0.3 is 5.97 Å². The number of fused-ring (bicyclic) bond motifs is 1. The molecule has 1 atom stereocenters. The Morgan fingerprint density at radius 1 is 1.52 bits per heavy atom. The zero-order valence-electron chi connectivity index (χ0n) is 12.0. The Labute approximate surface area is 123 Å². The molecule has 1 unspecified atom stereocenters. The molecular formula is C15H19N3O3. The number of imidazole rings is 1. The molecule has 0 spiro atoms. The highest BCUT2D eigenvalue weighted by atomic mass is 16.5. The predicted molar refractivity (Wildman–Crippen MR) is 79.0 cm³/mol. The number of ether oxygens (including phenoxy) is 1. The maximum Gasteiger partial charge on any atom is 0.356 e. The summed E-state index contributed by atoms with van der Waals surface area (Å²) in [7, 11) is 1.87. The van der Waals surface area contributed by atoms with Crippen molar-refractivity contribution in [2.45, 2.75) is 25.4 Å². The maximum absolute atomic E-state index is 11.6. The number of hydrogen-bond donors (Lipinski definition) is 1. The van der Waals surface area contributed by atoms with Crippen molar-refractivity contribution < 1.29 is 14.6 Å². The van der Waals surface area contributed by atoms with Crippen molar-refractivity contribution in [2.24, 2.45) is 0 Å². The van der Waals surface area contributed by atoms with Gasteiger partial charge < -0.3 is 14.7 Å². The van der Waals surface area contributed by atoms with Gasteiger partial charge in [0.2, 0.25) is 0 Å². The molecule has 6 heteroatoms. The van der Waals surface area contributed by atoms with Crippen molar-refractivity contribution in [3.63, 3.8) is 0 Å². The summed E-state index contributed by atoms with van der Waals surface area (Å²) in [6.07, 6.45) is 5.15. The van der Waals surface area contributed by atoms with E-state index in [1.807, 2.05) is 18.0 Å². The average molecular weight is 289 g/mol. The molecule has 2 aromatic heterocycles. The van der Waals surface area contributed by atoms with Crippen molar-refractivity contribution in [3.05, 3.63) is 30.1 Å². The van der Waals surface area contributed by atoms with Crippen LogP contribution in [0.1, 0.15) is 29.8 Å². The van der Waals surface area contributed by atoms with Gasteiger partial charge in [0.15, 0.2) is 11.5 Å². The van der Waals surface area contributed by atoms with E-state index in [0.717, 1.165) is 25.9 Å². The fourth-order valence-electron chi connectivity index (χ4n) is 2.79. The quantitative estimate of drug-likeness (QED) is 0.933. The van der Waals surface area contributed by atoms with Crippen LogP contribution in [0.15, 0.2) is 24.4 Å². The van der Waals surface area contributed by atoms with Gasteiger partial charge in [0.05, 0.1) is 6.10 Å². The average Bonchev–Trinajstić information content (AvgIpc) is 2.88. The summed E-state index contributed by atoms with van der Waals surface area (Å²) in [5.41, 5.74) is 0.838. The van der Waals surface area contributed by atoms with E-state index in [1.54, 1.807) is 22.7 Å². The van der Waals surface area contributed by atoms with E-state index in [0.29, 0.717) is 18.0 Å². The van der Waals surface area contributed by atoms with Crippen LogP contribution < -0.4 is 4.90 Å². The zero-order valence-corrected chi connectivity index (χ0v) is 12.0. The molecule has 0 saturated carbocycles. The number of carbonyl (C=O) groups is 1. The highest BCUT2D eigenvalue weighted by molar-refractivity contribution is 5.93. The van der Waals surface area contributed by atoms with E-state index in [-0.39, 0.29) is 11.8 Å². The highest BCUT2D eigenvalue weighted by Crippen LogP contribution is 2.23. The Morgan fingerprint density at radius 2 is 2.38 bits per heavy atom. The van der Waals surface area contributed by atoms with Crippen molar-refractivity contribution in [2.75, 3.05) is 25.1 Å². The number of pyridine rings is 1. The summed E-state index contributed by atoms with van der Waals surface area (Å²) in [5, 5.41) is 9.49. The number of aromatic nitrogens is 2. The molecule has 0 radical (unpaired) electrons. The fourth-order valence-corrected chi connectivity index (χ4v) is 2.79. The third kappa shape index (κ3) is 2.71. The molecular weight excluding hydrogens is 270 g/mol. The first-order valence-electron chi connectivity index (χ1n) is 7.20. The Kier molecular flexibility index (Phi) is 3.79. The van der Waals surface area contributed by atoms with Crippen molar-refractivity contribution in [3.8, 4) is 0 Å². The second-order valence-corrected chi connectivity index (χ2v) is 5.39. The lowest BCUT2D eigenvalue weighted by molar-refractivity contribution is 0.0215. The van der Waals surface area contributed by atoms with Crippen LogP contribution in [0.25, 0.3) is 5.65 Å². The summed E-state index contributed by atoms with van der Waals surface area (Å²) in [4.78, 5) is 17.9. The molecule has 2 aromatic rings. The van der Waals surface area contributed by atoms with Gasteiger partial charge in [0.25, 0.3) is 0 Å².